The molecule has 1 aromatic rings. The van der Waals surface area contributed by atoms with Crippen LogP contribution in [-0.2, 0) is 0 Å². The van der Waals surface area contributed by atoms with E-state index < -0.39 is 5.97 Å². The van der Waals surface area contributed by atoms with Crippen molar-refractivity contribution < 1.29 is 9.90 Å². The van der Waals surface area contributed by atoms with Crippen molar-refractivity contribution in [2.24, 2.45) is 11.8 Å². The number of nitrogens with zero attached hydrogens (tertiary/aromatic N) is 2. The summed E-state index contributed by atoms with van der Waals surface area (Å²) in [6.07, 6.45) is 1.23. The molecule has 1 aliphatic carbocycles. The average molecular weight is 255 g/mol. The molecule has 92 valence electrons. The van der Waals surface area contributed by atoms with Gasteiger partial charge in [-0.3, -0.25) is 0 Å². The standard InChI is InChI=1S/C12H15ClN2O2/c1-7-3-9(7)6-15(2)11-5-8(12(16)17)4-10(13)14-11/h4-5,7,9H,3,6H2,1-2H3,(H,16,17)/t7-,9-/m0/s1. The molecular weight excluding hydrogens is 240 g/mol. The Morgan fingerprint density at radius 3 is 2.82 bits per heavy atom. The van der Waals surface area contributed by atoms with E-state index in [1.54, 1.807) is 6.07 Å². The van der Waals surface area contributed by atoms with E-state index in [1.807, 2.05) is 11.9 Å². The summed E-state index contributed by atoms with van der Waals surface area (Å²) in [7, 11) is 1.91. The molecule has 0 aliphatic heterocycles. The van der Waals surface area contributed by atoms with Gasteiger partial charge < -0.3 is 10.0 Å². The summed E-state index contributed by atoms with van der Waals surface area (Å²) in [6, 6.07) is 2.92. The third-order valence-corrected chi connectivity index (χ3v) is 3.40. The zero-order chi connectivity index (χ0) is 12.6. The summed E-state index contributed by atoms with van der Waals surface area (Å²) < 4.78 is 0. The number of hydrogen-bond donors (Lipinski definition) is 1. The second-order valence-corrected chi connectivity index (χ2v) is 5.08. The second-order valence-electron chi connectivity index (χ2n) is 4.70. The number of pyridine rings is 1. The van der Waals surface area contributed by atoms with Gasteiger partial charge in [0, 0.05) is 13.6 Å². The van der Waals surface area contributed by atoms with E-state index in [1.165, 1.54) is 12.5 Å². The molecule has 0 amide bonds. The molecule has 0 aromatic carbocycles. The van der Waals surface area contributed by atoms with Crippen LogP contribution in [0.3, 0.4) is 0 Å². The highest BCUT2D eigenvalue weighted by atomic mass is 35.5. The summed E-state index contributed by atoms with van der Waals surface area (Å²) in [6.45, 7) is 3.11. The minimum atomic E-state index is -0.983. The van der Waals surface area contributed by atoms with Crippen LogP contribution in [0.4, 0.5) is 5.82 Å². The first-order valence-corrected chi connectivity index (χ1v) is 5.97. The average Bonchev–Trinajstić information content (AvgIpc) is 2.93. The van der Waals surface area contributed by atoms with Crippen LogP contribution in [0.5, 0.6) is 0 Å². The lowest BCUT2D eigenvalue weighted by molar-refractivity contribution is 0.0697. The molecule has 0 saturated heterocycles. The predicted molar refractivity (Wildman–Crippen MR) is 66.7 cm³/mol. The molecule has 1 N–H and O–H groups in total. The third kappa shape index (κ3) is 2.88. The predicted octanol–water partition coefficient (Wildman–Crippen LogP) is 2.53. The maximum Gasteiger partial charge on any atom is 0.335 e. The molecular formula is C12H15ClN2O2. The van der Waals surface area contributed by atoms with Crippen LogP contribution in [0.1, 0.15) is 23.7 Å². The minimum Gasteiger partial charge on any atom is -0.478 e. The van der Waals surface area contributed by atoms with Crippen LogP contribution < -0.4 is 4.90 Å². The number of carboxylic acid groups (broad SMARTS) is 1. The zero-order valence-electron chi connectivity index (χ0n) is 9.85. The van der Waals surface area contributed by atoms with Gasteiger partial charge in [-0.2, -0.15) is 0 Å². The van der Waals surface area contributed by atoms with Gasteiger partial charge in [-0.05, 0) is 30.4 Å². The Morgan fingerprint density at radius 2 is 2.29 bits per heavy atom. The van der Waals surface area contributed by atoms with E-state index >= 15 is 0 Å². The zero-order valence-corrected chi connectivity index (χ0v) is 10.6. The molecule has 2 rings (SSSR count). The first kappa shape index (κ1) is 12.2. The molecule has 1 aliphatic rings. The van der Waals surface area contributed by atoms with Gasteiger partial charge in [-0.15, -0.1) is 0 Å². The van der Waals surface area contributed by atoms with Gasteiger partial charge in [0.05, 0.1) is 5.56 Å². The summed E-state index contributed by atoms with van der Waals surface area (Å²) >= 11 is 5.82. The van der Waals surface area contributed by atoms with Crippen molar-refractivity contribution in [1.82, 2.24) is 4.98 Å². The molecule has 17 heavy (non-hydrogen) atoms. The van der Waals surface area contributed by atoms with Crippen LogP contribution in [0.2, 0.25) is 5.15 Å². The molecule has 0 radical (unpaired) electrons. The highest BCUT2D eigenvalue weighted by molar-refractivity contribution is 6.29. The van der Waals surface area contributed by atoms with Gasteiger partial charge in [0.15, 0.2) is 0 Å². The number of hydrogen-bond acceptors (Lipinski definition) is 3. The second kappa shape index (κ2) is 4.53. The van der Waals surface area contributed by atoms with Crippen LogP contribution >= 0.6 is 11.6 Å². The number of carbonyl (C=O) groups is 1. The first-order valence-electron chi connectivity index (χ1n) is 5.59. The van der Waals surface area contributed by atoms with E-state index in [9.17, 15) is 4.79 Å². The molecule has 0 spiro atoms. The van der Waals surface area contributed by atoms with Gasteiger partial charge in [0.1, 0.15) is 11.0 Å². The van der Waals surface area contributed by atoms with Gasteiger partial charge in [-0.25, -0.2) is 9.78 Å². The van der Waals surface area contributed by atoms with Gasteiger partial charge in [-0.1, -0.05) is 18.5 Å². The maximum atomic E-state index is 10.9. The SMILES string of the molecule is C[C@H]1C[C@H]1CN(C)c1cc(C(=O)O)cc(Cl)n1. The molecule has 1 fully saturated rings. The highest BCUT2D eigenvalue weighted by Crippen LogP contribution is 2.38. The van der Waals surface area contributed by atoms with Crippen molar-refractivity contribution >= 4 is 23.4 Å². The number of aromatic nitrogens is 1. The van der Waals surface area contributed by atoms with Crippen molar-refractivity contribution in [3.63, 3.8) is 0 Å². The van der Waals surface area contributed by atoms with Crippen molar-refractivity contribution in [3.8, 4) is 0 Å². The fourth-order valence-electron chi connectivity index (χ4n) is 1.90. The molecule has 1 saturated carbocycles. The molecule has 0 unspecified atom stereocenters. The lowest BCUT2D eigenvalue weighted by atomic mass is 10.2. The Kier molecular flexibility index (Phi) is 3.24. The Labute approximate surface area is 105 Å². The fourth-order valence-corrected chi connectivity index (χ4v) is 2.10. The van der Waals surface area contributed by atoms with Crippen molar-refractivity contribution in [2.75, 3.05) is 18.5 Å². The number of rotatable bonds is 4. The van der Waals surface area contributed by atoms with E-state index in [-0.39, 0.29) is 10.7 Å². The Morgan fingerprint density at radius 1 is 1.65 bits per heavy atom. The third-order valence-electron chi connectivity index (χ3n) is 3.20. The molecule has 5 heteroatoms. The van der Waals surface area contributed by atoms with Gasteiger partial charge in [0.2, 0.25) is 0 Å². The molecule has 1 heterocycles. The van der Waals surface area contributed by atoms with E-state index in [4.69, 9.17) is 16.7 Å². The normalized spacial score (nSPS) is 22.3. The van der Waals surface area contributed by atoms with Crippen molar-refractivity contribution in [1.29, 1.82) is 0 Å². The van der Waals surface area contributed by atoms with Gasteiger partial charge >= 0.3 is 5.97 Å². The minimum absolute atomic E-state index is 0.177. The van der Waals surface area contributed by atoms with Crippen LogP contribution in [-0.4, -0.2) is 29.7 Å². The molecule has 0 bridgehead atoms. The lowest BCUT2D eigenvalue weighted by Gasteiger charge is -2.18. The highest BCUT2D eigenvalue weighted by Gasteiger charge is 2.33. The van der Waals surface area contributed by atoms with Crippen molar-refractivity contribution in [2.45, 2.75) is 13.3 Å². The molecule has 2 atom stereocenters. The first-order chi connectivity index (χ1) is 7.97. The fraction of sp³-hybridized carbons (Fsp3) is 0.500. The monoisotopic (exact) mass is 254 g/mol. The summed E-state index contributed by atoms with van der Waals surface area (Å²) in [4.78, 5) is 17.0. The topological polar surface area (TPSA) is 53.4 Å². The number of aromatic carboxylic acids is 1. The van der Waals surface area contributed by atoms with Crippen LogP contribution in [0, 0.1) is 11.8 Å². The summed E-state index contributed by atoms with van der Waals surface area (Å²) in [5.74, 6) is 1.09. The summed E-state index contributed by atoms with van der Waals surface area (Å²) in [5, 5.41) is 9.16. The van der Waals surface area contributed by atoms with Gasteiger partial charge in [0.25, 0.3) is 0 Å². The number of carboxylic acids is 1. The number of anilines is 1. The maximum absolute atomic E-state index is 10.9. The van der Waals surface area contributed by atoms with Crippen LogP contribution in [0.25, 0.3) is 0 Å². The van der Waals surface area contributed by atoms with E-state index in [0.29, 0.717) is 11.7 Å². The van der Waals surface area contributed by atoms with E-state index in [2.05, 4.69) is 11.9 Å². The van der Waals surface area contributed by atoms with Crippen molar-refractivity contribution in [3.05, 3.63) is 22.8 Å². The van der Waals surface area contributed by atoms with Crippen LogP contribution in [0.15, 0.2) is 12.1 Å². The number of halogens is 1. The smallest absolute Gasteiger partial charge is 0.335 e. The lowest BCUT2D eigenvalue weighted by Crippen LogP contribution is -2.22. The molecule has 4 nitrogen and oxygen atoms in total. The molecule has 1 aromatic heterocycles. The van der Waals surface area contributed by atoms with E-state index in [0.717, 1.165) is 12.5 Å². The Balaban J connectivity index is 2.16. The Bertz CT molecular complexity index is 450. The quantitative estimate of drug-likeness (QED) is 0.839. The Hall–Kier alpha value is -1.29. The largest absolute Gasteiger partial charge is 0.478 e. The summed E-state index contributed by atoms with van der Waals surface area (Å²) in [5.41, 5.74) is 0.177.